The number of carbonyl (C=O) groups is 2. The van der Waals surface area contributed by atoms with Gasteiger partial charge in [0.05, 0.1) is 11.6 Å². The molecule has 0 bridgehead atoms. The summed E-state index contributed by atoms with van der Waals surface area (Å²) in [5, 5.41) is 20.2. The van der Waals surface area contributed by atoms with Crippen LogP contribution in [0.15, 0.2) is 24.3 Å². The lowest BCUT2D eigenvalue weighted by molar-refractivity contribution is -0.139. The molecule has 1 rings (SSSR count). The van der Waals surface area contributed by atoms with Crippen molar-refractivity contribution in [3.63, 3.8) is 0 Å². The maximum absolute atomic E-state index is 12.0. The Labute approximate surface area is 117 Å². The van der Waals surface area contributed by atoms with Crippen molar-refractivity contribution < 1.29 is 14.7 Å². The van der Waals surface area contributed by atoms with Crippen LogP contribution >= 0.6 is 0 Å². The molecule has 2 amide bonds. The largest absolute Gasteiger partial charge is 0.480 e. The molecule has 0 aliphatic heterocycles. The predicted molar refractivity (Wildman–Crippen MR) is 74.4 cm³/mol. The Hall–Kier alpha value is -2.55. The van der Waals surface area contributed by atoms with Crippen molar-refractivity contribution in [2.45, 2.75) is 25.8 Å². The summed E-state index contributed by atoms with van der Waals surface area (Å²) >= 11 is 0. The van der Waals surface area contributed by atoms with Gasteiger partial charge in [0.25, 0.3) is 0 Å². The molecular weight excluding hydrogens is 258 g/mol. The Bertz CT molecular complexity index is 519. The molecule has 6 nitrogen and oxygen atoms in total. The Kier molecular flexibility index (Phi) is 5.54. The molecule has 1 atom stereocenters. The average molecular weight is 275 g/mol. The molecule has 6 heteroatoms. The number of carboxylic acids is 1. The normalized spacial score (nSPS) is 11.2. The highest BCUT2D eigenvalue weighted by atomic mass is 16.4. The van der Waals surface area contributed by atoms with Crippen molar-refractivity contribution in [1.82, 2.24) is 5.32 Å². The number of hydrogen-bond acceptors (Lipinski definition) is 3. The number of nitrogens with one attached hydrogen (secondary N) is 1. The first-order chi connectivity index (χ1) is 9.49. The maximum Gasteiger partial charge on any atom is 0.326 e. The van der Waals surface area contributed by atoms with Gasteiger partial charge < -0.3 is 10.4 Å². The fraction of sp³-hybridized carbons (Fsp3) is 0.357. The van der Waals surface area contributed by atoms with Gasteiger partial charge in [-0.25, -0.2) is 9.59 Å². The predicted octanol–water partition coefficient (Wildman–Crippen LogP) is 1.96. The van der Waals surface area contributed by atoms with E-state index in [4.69, 9.17) is 10.4 Å². The van der Waals surface area contributed by atoms with Gasteiger partial charge in [0.1, 0.15) is 6.04 Å². The average Bonchev–Trinajstić information content (AvgIpc) is 2.45. The van der Waals surface area contributed by atoms with Crippen molar-refractivity contribution in [2.24, 2.45) is 0 Å². The van der Waals surface area contributed by atoms with E-state index in [2.05, 4.69) is 5.32 Å². The first kappa shape index (κ1) is 15.5. The molecule has 1 aromatic carbocycles. The molecule has 0 aliphatic rings. The minimum absolute atomic E-state index is 0.377. The lowest BCUT2D eigenvalue weighted by atomic mass is 10.2. The van der Waals surface area contributed by atoms with Crippen LogP contribution in [0, 0.1) is 11.3 Å². The summed E-state index contributed by atoms with van der Waals surface area (Å²) in [5.41, 5.74) is 1.08. The minimum atomic E-state index is -1.05. The zero-order valence-electron chi connectivity index (χ0n) is 11.5. The number of benzene rings is 1. The fourth-order valence-corrected chi connectivity index (χ4v) is 1.67. The van der Waals surface area contributed by atoms with E-state index in [9.17, 15) is 9.59 Å². The van der Waals surface area contributed by atoms with Gasteiger partial charge in [-0.3, -0.25) is 4.90 Å². The first-order valence-electron chi connectivity index (χ1n) is 6.26. The van der Waals surface area contributed by atoms with E-state index in [1.807, 2.05) is 13.0 Å². The monoisotopic (exact) mass is 275 g/mol. The number of carbonyl (C=O) groups excluding carboxylic acids is 1. The molecule has 0 heterocycles. The highest BCUT2D eigenvalue weighted by molar-refractivity contribution is 5.94. The maximum atomic E-state index is 12.0. The number of aliphatic carboxylic acids is 1. The van der Waals surface area contributed by atoms with E-state index in [0.717, 1.165) is 0 Å². The van der Waals surface area contributed by atoms with Gasteiger partial charge in [0.2, 0.25) is 0 Å². The molecule has 106 valence electrons. The van der Waals surface area contributed by atoms with E-state index in [-0.39, 0.29) is 0 Å². The van der Waals surface area contributed by atoms with Crippen molar-refractivity contribution in [3.8, 4) is 6.07 Å². The molecule has 0 radical (unpaired) electrons. The molecule has 0 aliphatic carbocycles. The summed E-state index contributed by atoms with van der Waals surface area (Å²) in [5.74, 6) is -1.05. The van der Waals surface area contributed by atoms with Crippen LogP contribution in [-0.2, 0) is 4.79 Å². The summed E-state index contributed by atoms with van der Waals surface area (Å²) in [6.45, 7) is 1.85. The van der Waals surface area contributed by atoms with Crippen molar-refractivity contribution in [2.75, 3.05) is 11.9 Å². The van der Waals surface area contributed by atoms with Gasteiger partial charge in [-0.1, -0.05) is 13.3 Å². The fourth-order valence-electron chi connectivity index (χ4n) is 1.67. The van der Waals surface area contributed by atoms with E-state index >= 15 is 0 Å². The smallest absolute Gasteiger partial charge is 0.326 e. The van der Waals surface area contributed by atoms with Gasteiger partial charge in [0.15, 0.2) is 0 Å². The number of anilines is 1. The SMILES string of the molecule is CCC[C@H](NC(=O)N(C)c1ccc(C#N)cc1)C(=O)O. The number of amides is 2. The minimum Gasteiger partial charge on any atom is -0.480 e. The van der Waals surface area contributed by atoms with Crippen LogP contribution in [0.3, 0.4) is 0 Å². The number of carboxylic acid groups (broad SMARTS) is 1. The highest BCUT2D eigenvalue weighted by Gasteiger charge is 2.21. The van der Waals surface area contributed by atoms with Gasteiger partial charge in [-0.2, -0.15) is 5.26 Å². The summed E-state index contributed by atoms with van der Waals surface area (Å²) < 4.78 is 0. The molecule has 1 aromatic rings. The third-order valence-corrected chi connectivity index (χ3v) is 2.86. The van der Waals surface area contributed by atoms with Crippen molar-refractivity contribution in [1.29, 1.82) is 5.26 Å². The van der Waals surface area contributed by atoms with Crippen molar-refractivity contribution >= 4 is 17.7 Å². The third kappa shape index (κ3) is 3.99. The number of hydrogen-bond donors (Lipinski definition) is 2. The quantitative estimate of drug-likeness (QED) is 0.858. The van der Waals surface area contributed by atoms with E-state index < -0.39 is 18.0 Å². The zero-order valence-corrected chi connectivity index (χ0v) is 11.5. The van der Waals surface area contributed by atoms with E-state index in [1.165, 1.54) is 4.90 Å². The van der Waals surface area contributed by atoms with E-state index in [0.29, 0.717) is 24.1 Å². The molecule has 0 unspecified atom stereocenters. The van der Waals surface area contributed by atoms with Crippen LogP contribution in [-0.4, -0.2) is 30.2 Å². The van der Waals surface area contributed by atoms with Crippen LogP contribution in [0.5, 0.6) is 0 Å². The number of rotatable bonds is 5. The standard InChI is InChI=1S/C14H17N3O3/c1-3-4-12(13(18)19)16-14(20)17(2)11-7-5-10(9-15)6-8-11/h5-8,12H,3-4H2,1-2H3,(H,16,20)(H,18,19)/t12-/m0/s1. The van der Waals surface area contributed by atoms with Crippen molar-refractivity contribution in [3.05, 3.63) is 29.8 Å². The van der Waals surface area contributed by atoms with Crippen LogP contribution < -0.4 is 10.2 Å². The third-order valence-electron chi connectivity index (χ3n) is 2.86. The number of urea groups is 1. The molecule has 0 saturated carbocycles. The second kappa shape index (κ2) is 7.14. The summed E-state index contributed by atoms with van der Waals surface area (Å²) in [6.07, 6.45) is 1.04. The van der Waals surface area contributed by atoms with Gasteiger partial charge in [0, 0.05) is 12.7 Å². The molecule has 0 fully saturated rings. The lowest BCUT2D eigenvalue weighted by Gasteiger charge is -2.21. The molecule has 20 heavy (non-hydrogen) atoms. The lowest BCUT2D eigenvalue weighted by Crippen LogP contribution is -2.46. The molecule has 2 N–H and O–H groups in total. The Balaban J connectivity index is 2.75. The molecule has 0 saturated heterocycles. The molecule has 0 aromatic heterocycles. The number of nitrogens with zero attached hydrogens (tertiary/aromatic N) is 2. The van der Waals surface area contributed by atoms with E-state index in [1.54, 1.807) is 31.3 Å². The Morgan fingerprint density at radius 2 is 2.00 bits per heavy atom. The van der Waals surface area contributed by atoms with Gasteiger partial charge in [-0.05, 0) is 30.7 Å². The Morgan fingerprint density at radius 1 is 1.40 bits per heavy atom. The van der Waals surface area contributed by atoms with Gasteiger partial charge >= 0.3 is 12.0 Å². The van der Waals surface area contributed by atoms with Crippen LogP contribution in [0.2, 0.25) is 0 Å². The second-order valence-electron chi connectivity index (χ2n) is 4.35. The summed E-state index contributed by atoms with van der Waals surface area (Å²) in [6, 6.07) is 7.06. The van der Waals surface area contributed by atoms with Crippen LogP contribution in [0.1, 0.15) is 25.3 Å². The summed E-state index contributed by atoms with van der Waals surface area (Å²) in [4.78, 5) is 24.3. The summed E-state index contributed by atoms with van der Waals surface area (Å²) in [7, 11) is 1.54. The first-order valence-corrected chi connectivity index (χ1v) is 6.26. The molecule has 0 spiro atoms. The topological polar surface area (TPSA) is 93.4 Å². The van der Waals surface area contributed by atoms with Gasteiger partial charge in [-0.15, -0.1) is 0 Å². The number of nitriles is 1. The zero-order chi connectivity index (χ0) is 15.1. The van der Waals surface area contributed by atoms with Crippen LogP contribution in [0.4, 0.5) is 10.5 Å². The molecular formula is C14H17N3O3. The van der Waals surface area contributed by atoms with Crippen LogP contribution in [0.25, 0.3) is 0 Å². The highest BCUT2D eigenvalue weighted by Crippen LogP contribution is 2.13. The Morgan fingerprint density at radius 3 is 2.45 bits per heavy atom. The second-order valence-corrected chi connectivity index (χ2v) is 4.35.